The molecular weight excluding hydrogens is 144 g/mol. The van der Waals surface area contributed by atoms with E-state index in [1.54, 1.807) is 6.26 Å². The van der Waals surface area contributed by atoms with Crippen molar-refractivity contribution in [1.82, 2.24) is 0 Å². The summed E-state index contributed by atoms with van der Waals surface area (Å²) in [7, 11) is 0. The molecule has 0 unspecified atom stereocenters. The second-order valence-electron chi connectivity index (χ2n) is 2.39. The van der Waals surface area contributed by atoms with Crippen molar-refractivity contribution in [3.8, 4) is 0 Å². The molecule has 0 aromatic carbocycles. The summed E-state index contributed by atoms with van der Waals surface area (Å²) in [5, 5.41) is 0. The molecule has 0 saturated carbocycles. The molecule has 0 atom stereocenters. The molecule has 0 bridgehead atoms. The summed E-state index contributed by atoms with van der Waals surface area (Å²) in [4.78, 5) is 0. The molecule has 1 saturated heterocycles. The first-order valence-electron chi connectivity index (χ1n) is 3.86. The maximum absolute atomic E-state index is 5.24. The maximum Gasteiger partial charge on any atom is 0.182 e. The molecule has 0 aromatic rings. The van der Waals surface area contributed by atoms with Crippen molar-refractivity contribution in [2.24, 2.45) is 0 Å². The Labute approximate surface area is 66.9 Å². The van der Waals surface area contributed by atoms with Gasteiger partial charge in [-0.3, -0.25) is 0 Å². The highest BCUT2D eigenvalue weighted by atomic mass is 16.7. The minimum absolute atomic E-state index is 0.179. The van der Waals surface area contributed by atoms with E-state index in [1.165, 1.54) is 0 Å². The SMILES string of the molecule is CCO/C=C(\C)C1OCCO1. The van der Waals surface area contributed by atoms with E-state index in [0.717, 1.165) is 5.57 Å². The summed E-state index contributed by atoms with van der Waals surface area (Å²) in [6.07, 6.45) is 1.51. The van der Waals surface area contributed by atoms with E-state index in [-0.39, 0.29) is 6.29 Å². The van der Waals surface area contributed by atoms with E-state index in [1.807, 2.05) is 13.8 Å². The lowest BCUT2D eigenvalue weighted by Crippen LogP contribution is -2.09. The lowest BCUT2D eigenvalue weighted by Gasteiger charge is -2.08. The van der Waals surface area contributed by atoms with E-state index >= 15 is 0 Å². The number of rotatable bonds is 3. The predicted octanol–water partition coefficient (Wildman–Crippen LogP) is 1.30. The summed E-state index contributed by atoms with van der Waals surface area (Å²) in [5.41, 5.74) is 0.990. The van der Waals surface area contributed by atoms with Crippen molar-refractivity contribution in [2.75, 3.05) is 19.8 Å². The largest absolute Gasteiger partial charge is 0.501 e. The maximum atomic E-state index is 5.24. The zero-order valence-electron chi connectivity index (χ0n) is 7.00. The fraction of sp³-hybridized carbons (Fsp3) is 0.750. The van der Waals surface area contributed by atoms with E-state index in [2.05, 4.69) is 0 Å². The molecule has 0 spiro atoms. The van der Waals surface area contributed by atoms with Crippen LogP contribution in [0.4, 0.5) is 0 Å². The Balaban J connectivity index is 2.32. The van der Waals surface area contributed by atoms with Crippen LogP contribution in [-0.4, -0.2) is 26.1 Å². The third-order valence-corrected chi connectivity index (χ3v) is 1.43. The van der Waals surface area contributed by atoms with E-state index < -0.39 is 0 Å². The van der Waals surface area contributed by atoms with Gasteiger partial charge in [-0.05, 0) is 13.8 Å². The normalized spacial score (nSPS) is 20.7. The van der Waals surface area contributed by atoms with Crippen molar-refractivity contribution in [2.45, 2.75) is 20.1 Å². The average molecular weight is 158 g/mol. The summed E-state index contributed by atoms with van der Waals surface area (Å²) in [6, 6.07) is 0. The Kier molecular flexibility index (Phi) is 3.39. The molecule has 1 aliphatic rings. The standard InChI is InChI=1S/C8H14O3/c1-3-9-6-7(2)8-10-4-5-11-8/h6,8H,3-5H2,1-2H3/b7-6+. The van der Waals surface area contributed by atoms with Crippen molar-refractivity contribution in [1.29, 1.82) is 0 Å². The van der Waals surface area contributed by atoms with Gasteiger partial charge in [0.15, 0.2) is 6.29 Å². The molecule has 0 radical (unpaired) electrons. The van der Waals surface area contributed by atoms with Crippen LogP contribution in [0.2, 0.25) is 0 Å². The number of hydrogen-bond acceptors (Lipinski definition) is 3. The van der Waals surface area contributed by atoms with Crippen LogP contribution in [0.25, 0.3) is 0 Å². The van der Waals surface area contributed by atoms with Gasteiger partial charge in [0.1, 0.15) is 0 Å². The smallest absolute Gasteiger partial charge is 0.182 e. The molecule has 0 amide bonds. The Morgan fingerprint density at radius 2 is 2.18 bits per heavy atom. The molecule has 3 nitrogen and oxygen atoms in total. The fourth-order valence-corrected chi connectivity index (χ4v) is 0.892. The highest BCUT2D eigenvalue weighted by molar-refractivity contribution is 4.98. The zero-order valence-corrected chi connectivity index (χ0v) is 7.00. The Bertz CT molecular complexity index is 136. The lowest BCUT2D eigenvalue weighted by molar-refractivity contribution is -0.0133. The Morgan fingerprint density at radius 1 is 1.55 bits per heavy atom. The molecule has 0 aromatic heterocycles. The zero-order chi connectivity index (χ0) is 8.10. The number of ether oxygens (including phenoxy) is 3. The Hall–Kier alpha value is -0.540. The summed E-state index contributed by atoms with van der Waals surface area (Å²) < 4.78 is 15.6. The van der Waals surface area contributed by atoms with Crippen LogP contribution in [0.15, 0.2) is 11.8 Å². The summed E-state index contributed by atoms with van der Waals surface area (Å²) in [5.74, 6) is 0. The highest BCUT2D eigenvalue weighted by Crippen LogP contribution is 2.12. The molecule has 3 heteroatoms. The fourth-order valence-electron chi connectivity index (χ4n) is 0.892. The second kappa shape index (κ2) is 4.36. The van der Waals surface area contributed by atoms with Crippen molar-refractivity contribution >= 4 is 0 Å². The molecule has 64 valence electrons. The third-order valence-electron chi connectivity index (χ3n) is 1.43. The quantitative estimate of drug-likeness (QED) is 0.579. The molecule has 1 rings (SSSR count). The minimum atomic E-state index is -0.179. The molecular formula is C8H14O3. The van der Waals surface area contributed by atoms with Gasteiger partial charge in [-0.25, -0.2) is 0 Å². The second-order valence-corrected chi connectivity index (χ2v) is 2.39. The van der Waals surface area contributed by atoms with Crippen LogP contribution in [0.3, 0.4) is 0 Å². The van der Waals surface area contributed by atoms with Crippen LogP contribution in [0.1, 0.15) is 13.8 Å². The van der Waals surface area contributed by atoms with Gasteiger partial charge in [-0.1, -0.05) is 0 Å². The van der Waals surface area contributed by atoms with Crippen molar-refractivity contribution < 1.29 is 14.2 Å². The van der Waals surface area contributed by atoms with Gasteiger partial charge in [0, 0.05) is 5.57 Å². The third kappa shape index (κ3) is 2.52. The van der Waals surface area contributed by atoms with E-state index in [4.69, 9.17) is 14.2 Å². The molecule has 0 N–H and O–H groups in total. The monoisotopic (exact) mass is 158 g/mol. The topological polar surface area (TPSA) is 27.7 Å². The van der Waals surface area contributed by atoms with E-state index in [0.29, 0.717) is 19.8 Å². The van der Waals surface area contributed by atoms with Crippen LogP contribution in [-0.2, 0) is 14.2 Å². The van der Waals surface area contributed by atoms with Crippen LogP contribution < -0.4 is 0 Å². The molecule has 11 heavy (non-hydrogen) atoms. The summed E-state index contributed by atoms with van der Waals surface area (Å²) >= 11 is 0. The van der Waals surface area contributed by atoms with Gasteiger partial charge in [0.25, 0.3) is 0 Å². The first-order chi connectivity index (χ1) is 5.34. The highest BCUT2D eigenvalue weighted by Gasteiger charge is 2.17. The molecule has 0 aliphatic carbocycles. The van der Waals surface area contributed by atoms with Gasteiger partial charge in [-0.2, -0.15) is 0 Å². The van der Waals surface area contributed by atoms with Gasteiger partial charge in [0.05, 0.1) is 26.1 Å². The van der Waals surface area contributed by atoms with Crippen LogP contribution in [0, 0.1) is 0 Å². The minimum Gasteiger partial charge on any atom is -0.501 e. The van der Waals surface area contributed by atoms with Gasteiger partial charge in [-0.15, -0.1) is 0 Å². The molecule has 1 fully saturated rings. The van der Waals surface area contributed by atoms with Crippen LogP contribution in [0.5, 0.6) is 0 Å². The lowest BCUT2D eigenvalue weighted by atomic mass is 10.3. The van der Waals surface area contributed by atoms with Crippen molar-refractivity contribution in [3.63, 3.8) is 0 Å². The van der Waals surface area contributed by atoms with Crippen molar-refractivity contribution in [3.05, 3.63) is 11.8 Å². The van der Waals surface area contributed by atoms with Crippen LogP contribution >= 0.6 is 0 Å². The predicted molar refractivity (Wildman–Crippen MR) is 41.1 cm³/mol. The summed E-state index contributed by atoms with van der Waals surface area (Å²) in [6.45, 7) is 5.93. The van der Waals surface area contributed by atoms with Gasteiger partial charge in [0.2, 0.25) is 0 Å². The van der Waals surface area contributed by atoms with Gasteiger partial charge >= 0.3 is 0 Å². The van der Waals surface area contributed by atoms with Gasteiger partial charge < -0.3 is 14.2 Å². The number of hydrogen-bond donors (Lipinski definition) is 0. The van der Waals surface area contributed by atoms with E-state index in [9.17, 15) is 0 Å². The first-order valence-corrected chi connectivity index (χ1v) is 3.86. The Morgan fingerprint density at radius 3 is 2.73 bits per heavy atom. The molecule has 1 aliphatic heterocycles. The molecule has 1 heterocycles. The average Bonchev–Trinajstić information content (AvgIpc) is 2.52. The first kappa shape index (κ1) is 8.56.